The van der Waals surface area contributed by atoms with Crippen molar-refractivity contribution in [3.05, 3.63) is 59.9 Å². The number of benzene rings is 2. The zero-order valence-electron chi connectivity index (χ0n) is 16.2. The average Bonchev–Trinajstić information content (AvgIpc) is 2.73. The number of ether oxygens (including phenoxy) is 1. The minimum atomic E-state index is -3.85. The molecule has 0 spiro atoms. The van der Waals surface area contributed by atoms with Gasteiger partial charge in [-0.3, -0.25) is 4.79 Å². The molecule has 1 amide bonds. The van der Waals surface area contributed by atoms with E-state index in [-0.39, 0.29) is 17.3 Å². The predicted octanol–water partition coefficient (Wildman–Crippen LogP) is 0.0399. The third kappa shape index (κ3) is 5.75. The Hall–Kier alpha value is -2.49. The number of carbonyl (C=O) groups excluding carboxylic acids is 1. The molecule has 0 saturated carbocycles. The van der Waals surface area contributed by atoms with E-state index in [1.165, 1.54) is 22.6 Å². The van der Waals surface area contributed by atoms with E-state index in [2.05, 4.69) is 4.72 Å². The molecule has 1 heterocycles. The van der Waals surface area contributed by atoms with Crippen LogP contribution in [0, 0.1) is 5.82 Å². The first-order valence-electron chi connectivity index (χ1n) is 9.37. The number of carbonyl (C=O) groups is 1. The second-order valence-electron chi connectivity index (χ2n) is 6.93. The maximum Gasteiger partial charge on any atom is 0.241 e. The number of quaternary nitrogens is 1. The molecule has 1 aliphatic rings. The summed E-state index contributed by atoms with van der Waals surface area (Å²) >= 11 is 0. The Morgan fingerprint density at radius 1 is 1.10 bits per heavy atom. The van der Waals surface area contributed by atoms with Crippen molar-refractivity contribution < 1.29 is 27.2 Å². The zero-order chi connectivity index (χ0) is 20.9. The first kappa shape index (κ1) is 21.2. The molecule has 1 fully saturated rings. The third-order valence-corrected chi connectivity index (χ3v) is 6.39. The Morgan fingerprint density at radius 2 is 1.72 bits per heavy atom. The first-order chi connectivity index (χ1) is 13.9. The Kier molecular flexibility index (Phi) is 6.83. The molecule has 0 bridgehead atoms. The van der Waals surface area contributed by atoms with Gasteiger partial charge in [-0.15, -0.1) is 0 Å². The molecule has 0 aliphatic carbocycles. The van der Waals surface area contributed by atoms with Gasteiger partial charge in [0, 0.05) is 5.56 Å². The number of hydrogen-bond donors (Lipinski definition) is 2. The van der Waals surface area contributed by atoms with Crippen LogP contribution in [0.1, 0.15) is 5.56 Å². The summed E-state index contributed by atoms with van der Waals surface area (Å²) in [6.45, 7) is 3.28. The summed E-state index contributed by atoms with van der Waals surface area (Å²) < 4.78 is 44.8. The van der Waals surface area contributed by atoms with Crippen LogP contribution in [0.15, 0.2) is 53.4 Å². The van der Waals surface area contributed by atoms with Gasteiger partial charge in [-0.2, -0.15) is 0 Å². The van der Waals surface area contributed by atoms with E-state index < -0.39 is 15.8 Å². The van der Waals surface area contributed by atoms with Crippen LogP contribution in [0.25, 0.3) is 0 Å². The van der Waals surface area contributed by atoms with E-state index in [0.29, 0.717) is 13.1 Å². The standard InChI is InChI=1S/C20H24FN3O4S/c1-28-18-6-2-16(3-7-18)15-23-10-12-24(13-11-23)20(25)14-22-29(26,27)19-8-4-17(21)5-9-19/h2-9,22H,10-15H2,1H3/p+1. The highest BCUT2D eigenvalue weighted by Crippen LogP contribution is 2.11. The van der Waals surface area contributed by atoms with E-state index in [9.17, 15) is 17.6 Å². The van der Waals surface area contributed by atoms with Crippen molar-refractivity contribution in [2.24, 2.45) is 0 Å². The molecule has 0 unspecified atom stereocenters. The van der Waals surface area contributed by atoms with Crippen LogP contribution in [-0.4, -0.2) is 59.1 Å². The van der Waals surface area contributed by atoms with E-state index >= 15 is 0 Å². The van der Waals surface area contributed by atoms with Crippen LogP contribution in [-0.2, 0) is 21.4 Å². The summed E-state index contributed by atoms with van der Waals surface area (Å²) in [5.74, 6) is 0.0384. The smallest absolute Gasteiger partial charge is 0.241 e. The molecule has 1 aliphatic heterocycles. The lowest BCUT2D eigenvalue weighted by Gasteiger charge is -2.32. The van der Waals surface area contributed by atoms with E-state index in [4.69, 9.17) is 4.74 Å². The largest absolute Gasteiger partial charge is 0.497 e. The van der Waals surface area contributed by atoms with Gasteiger partial charge in [-0.25, -0.2) is 17.5 Å². The fourth-order valence-electron chi connectivity index (χ4n) is 3.25. The summed E-state index contributed by atoms with van der Waals surface area (Å²) in [4.78, 5) is 15.4. The van der Waals surface area contributed by atoms with Gasteiger partial charge in [0.2, 0.25) is 15.9 Å². The maximum atomic E-state index is 13.0. The van der Waals surface area contributed by atoms with Crippen molar-refractivity contribution in [1.82, 2.24) is 9.62 Å². The summed E-state index contributed by atoms with van der Waals surface area (Å²) in [6.07, 6.45) is 0. The monoisotopic (exact) mass is 422 g/mol. The van der Waals surface area contributed by atoms with Gasteiger partial charge >= 0.3 is 0 Å². The molecule has 3 rings (SSSR count). The number of piperazine rings is 1. The first-order valence-corrected chi connectivity index (χ1v) is 10.9. The molecular weight excluding hydrogens is 397 g/mol. The number of methoxy groups -OCH3 is 1. The normalized spacial score (nSPS) is 15.3. The average molecular weight is 423 g/mol. The van der Waals surface area contributed by atoms with Crippen molar-refractivity contribution >= 4 is 15.9 Å². The van der Waals surface area contributed by atoms with Gasteiger partial charge in [0.1, 0.15) is 18.1 Å². The molecule has 7 nitrogen and oxygen atoms in total. The molecule has 0 radical (unpaired) electrons. The molecule has 9 heteroatoms. The Morgan fingerprint density at radius 3 is 2.31 bits per heavy atom. The Labute approximate surface area is 170 Å². The molecule has 0 aromatic heterocycles. The van der Waals surface area contributed by atoms with Crippen molar-refractivity contribution in [3.8, 4) is 5.75 Å². The van der Waals surface area contributed by atoms with Crippen LogP contribution >= 0.6 is 0 Å². The van der Waals surface area contributed by atoms with Gasteiger partial charge in [0.05, 0.1) is 44.7 Å². The van der Waals surface area contributed by atoms with Crippen LogP contribution in [0.2, 0.25) is 0 Å². The number of nitrogens with one attached hydrogen (secondary N) is 2. The maximum absolute atomic E-state index is 13.0. The fraction of sp³-hybridized carbons (Fsp3) is 0.350. The zero-order valence-corrected chi connectivity index (χ0v) is 17.0. The number of hydrogen-bond acceptors (Lipinski definition) is 4. The van der Waals surface area contributed by atoms with Crippen molar-refractivity contribution in [3.63, 3.8) is 0 Å². The van der Waals surface area contributed by atoms with Gasteiger partial charge in [-0.05, 0) is 48.5 Å². The highest BCUT2D eigenvalue weighted by atomic mass is 32.2. The molecule has 29 heavy (non-hydrogen) atoms. The highest BCUT2D eigenvalue weighted by molar-refractivity contribution is 7.89. The van der Waals surface area contributed by atoms with Gasteiger partial charge in [-0.1, -0.05) is 0 Å². The quantitative estimate of drug-likeness (QED) is 0.660. The predicted molar refractivity (Wildman–Crippen MR) is 106 cm³/mol. The summed E-state index contributed by atoms with van der Waals surface area (Å²) in [6, 6.07) is 12.4. The van der Waals surface area contributed by atoms with Crippen molar-refractivity contribution in [2.75, 3.05) is 39.8 Å². The number of sulfonamides is 1. The van der Waals surface area contributed by atoms with E-state index in [1.807, 2.05) is 24.3 Å². The van der Waals surface area contributed by atoms with Crippen LogP contribution < -0.4 is 14.4 Å². The molecule has 1 saturated heterocycles. The summed E-state index contributed by atoms with van der Waals surface area (Å²) in [5.41, 5.74) is 1.20. The van der Waals surface area contributed by atoms with Crippen LogP contribution in [0.5, 0.6) is 5.75 Å². The second-order valence-corrected chi connectivity index (χ2v) is 8.70. The van der Waals surface area contributed by atoms with E-state index in [1.54, 1.807) is 12.0 Å². The van der Waals surface area contributed by atoms with Gasteiger partial charge < -0.3 is 14.5 Å². The minimum Gasteiger partial charge on any atom is -0.497 e. The lowest BCUT2D eigenvalue weighted by molar-refractivity contribution is -0.917. The topological polar surface area (TPSA) is 80.2 Å². The van der Waals surface area contributed by atoms with Crippen LogP contribution in [0.4, 0.5) is 4.39 Å². The second kappa shape index (κ2) is 9.34. The summed E-state index contributed by atoms with van der Waals surface area (Å²) in [7, 11) is -2.21. The molecule has 2 aromatic carbocycles. The Bertz CT molecular complexity index is 925. The molecule has 156 valence electrons. The minimum absolute atomic E-state index is 0.0690. The molecular formula is C20H25FN3O4S+. The lowest BCUT2D eigenvalue weighted by Crippen LogP contribution is -3.13. The number of rotatable bonds is 7. The lowest BCUT2D eigenvalue weighted by atomic mass is 10.2. The molecule has 0 atom stereocenters. The number of amides is 1. The SMILES string of the molecule is COc1ccc(C[NH+]2CCN(C(=O)CNS(=O)(=O)c3ccc(F)cc3)CC2)cc1. The van der Waals surface area contributed by atoms with Gasteiger partial charge in [0.25, 0.3) is 0 Å². The summed E-state index contributed by atoms with van der Waals surface area (Å²) in [5, 5.41) is 0. The Balaban J connectivity index is 1.46. The van der Waals surface area contributed by atoms with Crippen molar-refractivity contribution in [2.45, 2.75) is 11.4 Å². The van der Waals surface area contributed by atoms with Crippen molar-refractivity contribution in [1.29, 1.82) is 0 Å². The van der Waals surface area contributed by atoms with E-state index in [0.717, 1.165) is 37.5 Å². The number of nitrogens with zero attached hydrogens (tertiary/aromatic N) is 1. The third-order valence-electron chi connectivity index (χ3n) is 4.97. The van der Waals surface area contributed by atoms with Crippen LogP contribution in [0.3, 0.4) is 0 Å². The highest BCUT2D eigenvalue weighted by Gasteiger charge is 2.25. The fourth-order valence-corrected chi connectivity index (χ4v) is 4.22. The number of halogens is 1. The van der Waals surface area contributed by atoms with Gasteiger partial charge in [0.15, 0.2) is 0 Å². The molecule has 2 N–H and O–H groups in total. The molecule has 2 aromatic rings.